The van der Waals surface area contributed by atoms with Crippen molar-refractivity contribution in [1.29, 1.82) is 0 Å². The van der Waals surface area contributed by atoms with Gasteiger partial charge in [-0.1, -0.05) is 319 Å². The third kappa shape index (κ3) is 60.2. The van der Waals surface area contributed by atoms with E-state index in [0.29, 0.717) is 25.9 Å². The molecule has 0 saturated heterocycles. The van der Waals surface area contributed by atoms with Gasteiger partial charge in [0, 0.05) is 19.4 Å². The quantitative estimate of drug-likeness (QED) is 0.0345. The summed E-state index contributed by atoms with van der Waals surface area (Å²) >= 11 is 0. The van der Waals surface area contributed by atoms with Crippen LogP contribution in [-0.4, -0.2) is 37.9 Å². The highest BCUT2D eigenvalue weighted by Gasteiger charge is 2.16. The maximum Gasteiger partial charge on any atom is 0.306 e. The number of rotatable bonds is 59. The van der Waals surface area contributed by atoms with Gasteiger partial charge < -0.3 is 14.2 Å². The second-order valence-corrected chi connectivity index (χ2v) is 21.3. The number of ether oxygens (including phenoxy) is 3. The molecule has 0 aromatic carbocycles. The Morgan fingerprint density at radius 1 is 0.292 bits per heavy atom. The Bertz CT molecular complexity index is 1230. The summed E-state index contributed by atoms with van der Waals surface area (Å²) < 4.78 is 17.5. The standard InChI is InChI=1S/C67H122O5/c1-4-7-10-13-16-19-22-25-28-31-33-34-36-38-40-43-46-49-52-55-58-61-67(69)72-64-65(70-62-59-56-53-50-47-44-41-30-27-24-21-18-15-12-9-6-3)63-71-66(68)60-57-54-51-48-45-42-39-37-35-32-29-26-23-20-17-14-11-8-5-2/h17,20,26,29,35,37,42,45,51,54,65H,4-16,18-19,21-25,27-28,30-34,36,38-41,43-44,46-50,52-53,55-64H2,1-3H3/b20-17-,29-26-,37-35-,45-42-,54-51-/t65-/m1/s1. The largest absolute Gasteiger partial charge is 0.463 e. The Hall–Kier alpha value is -2.40. The zero-order valence-electron chi connectivity index (χ0n) is 48.5. The molecule has 5 heteroatoms. The molecule has 5 nitrogen and oxygen atoms in total. The number of carbonyl (C=O) groups excluding carboxylic acids is 2. The Kier molecular flexibility index (Phi) is 60.8. The van der Waals surface area contributed by atoms with Crippen LogP contribution in [0.3, 0.4) is 0 Å². The summed E-state index contributed by atoms with van der Waals surface area (Å²) in [6.45, 7) is 7.68. The topological polar surface area (TPSA) is 61.8 Å². The maximum atomic E-state index is 12.7. The van der Waals surface area contributed by atoms with Crippen molar-refractivity contribution in [1.82, 2.24) is 0 Å². The van der Waals surface area contributed by atoms with Crippen molar-refractivity contribution in [2.24, 2.45) is 0 Å². The molecule has 0 bridgehead atoms. The first-order chi connectivity index (χ1) is 35.6. The lowest BCUT2D eigenvalue weighted by atomic mass is 10.0. The molecule has 0 radical (unpaired) electrons. The third-order valence-corrected chi connectivity index (χ3v) is 14.1. The van der Waals surface area contributed by atoms with Gasteiger partial charge in [-0.3, -0.25) is 9.59 Å². The highest BCUT2D eigenvalue weighted by molar-refractivity contribution is 5.70. The van der Waals surface area contributed by atoms with Crippen molar-refractivity contribution in [3.05, 3.63) is 60.8 Å². The predicted molar refractivity (Wildman–Crippen MR) is 316 cm³/mol. The molecular formula is C67H122O5. The molecule has 420 valence electrons. The number of unbranched alkanes of at least 4 members (excludes halogenated alkanes) is 38. The summed E-state index contributed by atoms with van der Waals surface area (Å²) in [5.74, 6) is -0.409. The lowest BCUT2D eigenvalue weighted by Crippen LogP contribution is -2.29. The monoisotopic (exact) mass is 1010 g/mol. The van der Waals surface area contributed by atoms with Gasteiger partial charge in [0.25, 0.3) is 0 Å². The minimum Gasteiger partial charge on any atom is -0.463 e. The number of hydrogen-bond acceptors (Lipinski definition) is 5. The summed E-state index contributed by atoms with van der Waals surface area (Å²) in [5.41, 5.74) is 0. The molecule has 0 heterocycles. The van der Waals surface area contributed by atoms with Crippen LogP contribution in [0.2, 0.25) is 0 Å². The number of carbonyl (C=O) groups is 2. The molecule has 0 N–H and O–H groups in total. The first-order valence-corrected chi connectivity index (χ1v) is 31.8. The molecule has 1 atom stereocenters. The van der Waals surface area contributed by atoms with Gasteiger partial charge in [-0.05, 0) is 57.8 Å². The molecule has 0 aliphatic carbocycles. The third-order valence-electron chi connectivity index (χ3n) is 14.1. The van der Waals surface area contributed by atoms with Gasteiger partial charge in [0.2, 0.25) is 0 Å². The molecule has 0 saturated carbocycles. The summed E-state index contributed by atoms with van der Waals surface area (Å²) in [7, 11) is 0. The second kappa shape index (κ2) is 62.9. The molecular weight excluding hydrogens is 885 g/mol. The molecule has 72 heavy (non-hydrogen) atoms. The van der Waals surface area contributed by atoms with Gasteiger partial charge >= 0.3 is 11.9 Å². The normalized spacial score (nSPS) is 12.5. The van der Waals surface area contributed by atoms with E-state index in [1.54, 1.807) is 0 Å². The molecule has 0 fully saturated rings. The molecule has 0 aliphatic heterocycles. The fourth-order valence-corrected chi connectivity index (χ4v) is 9.30. The maximum absolute atomic E-state index is 12.7. The van der Waals surface area contributed by atoms with Crippen molar-refractivity contribution < 1.29 is 23.8 Å². The molecule has 0 aromatic heterocycles. The molecule has 0 rings (SSSR count). The lowest BCUT2D eigenvalue weighted by molar-refractivity contribution is -0.155. The highest BCUT2D eigenvalue weighted by atomic mass is 16.6. The van der Waals surface area contributed by atoms with E-state index >= 15 is 0 Å². The van der Waals surface area contributed by atoms with E-state index in [0.717, 1.165) is 51.4 Å². The number of hydrogen-bond donors (Lipinski definition) is 0. The Labute approximate surface area is 449 Å². The number of esters is 2. The van der Waals surface area contributed by atoms with Gasteiger partial charge in [-0.2, -0.15) is 0 Å². The zero-order valence-corrected chi connectivity index (χ0v) is 48.5. The SMILES string of the molecule is CCCCC/C=C\C/C=C\C/C=C\C/C=C\C/C=C\CCC(=O)OC[C@H](COC(=O)CCCCCCCCCCCCCCCCCCCCCCC)OCCCCCCCCCCCCCCCCCC. The van der Waals surface area contributed by atoms with Crippen molar-refractivity contribution in [3.8, 4) is 0 Å². The van der Waals surface area contributed by atoms with E-state index < -0.39 is 6.10 Å². The second-order valence-electron chi connectivity index (χ2n) is 21.3. The van der Waals surface area contributed by atoms with Crippen LogP contribution in [-0.2, 0) is 23.8 Å². The van der Waals surface area contributed by atoms with Crippen LogP contribution < -0.4 is 0 Å². The highest BCUT2D eigenvalue weighted by Crippen LogP contribution is 2.17. The van der Waals surface area contributed by atoms with Gasteiger partial charge in [-0.15, -0.1) is 0 Å². The van der Waals surface area contributed by atoms with E-state index in [2.05, 4.69) is 81.5 Å². The van der Waals surface area contributed by atoms with Crippen LogP contribution in [0.15, 0.2) is 60.8 Å². The van der Waals surface area contributed by atoms with Gasteiger partial charge in [0.05, 0.1) is 0 Å². The van der Waals surface area contributed by atoms with Crippen LogP contribution in [0, 0.1) is 0 Å². The van der Waals surface area contributed by atoms with Crippen LogP contribution in [0.4, 0.5) is 0 Å². The van der Waals surface area contributed by atoms with E-state index in [1.807, 2.05) is 0 Å². The minimum absolute atomic E-state index is 0.121. The van der Waals surface area contributed by atoms with Crippen LogP contribution in [0.25, 0.3) is 0 Å². The molecule has 0 amide bonds. The summed E-state index contributed by atoms with van der Waals surface area (Å²) in [5, 5.41) is 0. The van der Waals surface area contributed by atoms with Crippen molar-refractivity contribution in [2.45, 2.75) is 335 Å². The molecule has 0 aromatic rings. The summed E-state index contributed by atoms with van der Waals surface area (Å²) in [4.78, 5) is 25.4. The Morgan fingerprint density at radius 3 is 0.903 bits per heavy atom. The van der Waals surface area contributed by atoms with Crippen molar-refractivity contribution in [2.75, 3.05) is 19.8 Å². The van der Waals surface area contributed by atoms with Crippen molar-refractivity contribution in [3.63, 3.8) is 0 Å². The van der Waals surface area contributed by atoms with Crippen LogP contribution in [0.1, 0.15) is 329 Å². The van der Waals surface area contributed by atoms with Gasteiger partial charge in [0.15, 0.2) is 0 Å². The van der Waals surface area contributed by atoms with E-state index in [4.69, 9.17) is 14.2 Å². The van der Waals surface area contributed by atoms with E-state index in [-0.39, 0.29) is 25.2 Å². The first-order valence-electron chi connectivity index (χ1n) is 31.8. The fraction of sp³-hybridized carbons (Fsp3) is 0.821. The average Bonchev–Trinajstić information content (AvgIpc) is 3.38. The number of allylic oxidation sites excluding steroid dienone is 10. The Morgan fingerprint density at radius 2 is 0.556 bits per heavy atom. The summed E-state index contributed by atoms with van der Waals surface area (Å²) in [6.07, 6.45) is 81.5. The fourth-order valence-electron chi connectivity index (χ4n) is 9.30. The van der Waals surface area contributed by atoms with E-state index in [1.165, 1.54) is 238 Å². The minimum atomic E-state index is -0.429. The molecule has 0 aliphatic rings. The zero-order chi connectivity index (χ0) is 52.0. The van der Waals surface area contributed by atoms with Gasteiger partial charge in [-0.25, -0.2) is 0 Å². The molecule has 0 unspecified atom stereocenters. The van der Waals surface area contributed by atoms with Crippen LogP contribution in [0.5, 0.6) is 0 Å². The van der Waals surface area contributed by atoms with Gasteiger partial charge in [0.1, 0.15) is 19.3 Å². The predicted octanol–water partition coefficient (Wildman–Crippen LogP) is 22.0. The first kappa shape index (κ1) is 69.6. The average molecular weight is 1010 g/mol. The summed E-state index contributed by atoms with van der Waals surface area (Å²) in [6, 6.07) is 0. The molecule has 0 spiro atoms. The van der Waals surface area contributed by atoms with E-state index in [9.17, 15) is 9.59 Å². The lowest BCUT2D eigenvalue weighted by Gasteiger charge is -2.18. The van der Waals surface area contributed by atoms with Crippen molar-refractivity contribution >= 4 is 11.9 Å². The Balaban J connectivity index is 4.30. The van der Waals surface area contributed by atoms with Crippen LogP contribution >= 0.6 is 0 Å². The smallest absolute Gasteiger partial charge is 0.306 e.